The number of nitrogens with zero attached hydrogens (tertiary/aromatic N) is 1. The average molecular weight is 265 g/mol. The molecule has 0 aromatic carbocycles. The van der Waals surface area contributed by atoms with Gasteiger partial charge in [0.05, 0.1) is 12.2 Å². The maximum atomic E-state index is 10.4. The number of rotatable bonds is 3. The van der Waals surface area contributed by atoms with E-state index in [0.717, 1.165) is 38.8 Å². The number of hydrogen-bond donors (Lipinski definition) is 1. The Kier molecular flexibility index (Phi) is 4.84. The summed E-state index contributed by atoms with van der Waals surface area (Å²) in [7, 11) is 0. The summed E-state index contributed by atoms with van der Waals surface area (Å²) >= 11 is 0. The highest BCUT2D eigenvalue weighted by molar-refractivity contribution is 5.86. The maximum Gasteiger partial charge on any atom is 0.381 e. The van der Waals surface area contributed by atoms with Crippen molar-refractivity contribution in [2.45, 2.75) is 57.8 Å². The summed E-state index contributed by atoms with van der Waals surface area (Å²) in [5.41, 5.74) is 0. The normalized spacial score (nSPS) is 35.1. The van der Waals surface area contributed by atoms with Crippen LogP contribution in [0.4, 0.5) is 0 Å². The van der Waals surface area contributed by atoms with Crippen LogP contribution in [0, 0.1) is 17.8 Å². The van der Waals surface area contributed by atoms with Crippen LogP contribution in [0.2, 0.25) is 0 Å². The molecule has 1 aliphatic carbocycles. The van der Waals surface area contributed by atoms with E-state index < -0.39 is 5.97 Å². The number of carboxylic acids is 1. The molecule has 4 nitrogen and oxygen atoms in total. The molecule has 19 heavy (non-hydrogen) atoms. The summed E-state index contributed by atoms with van der Waals surface area (Å²) in [5, 5.41) is 8.53. The quantitative estimate of drug-likeness (QED) is 0.790. The minimum absolute atomic E-state index is 0.268. The van der Waals surface area contributed by atoms with Crippen molar-refractivity contribution in [1.29, 1.82) is 0 Å². The van der Waals surface area contributed by atoms with Crippen molar-refractivity contribution in [3.63, 3.8) is 0 Å². The first kappa shape index (κ1) is 14.4. The smallest absolute Gasteiger partial charge is 0.381 e. The zero-order valence-electron chi connectivity index (χ0n) is 11.8. The SMILES string of the molecule is CCC1CN(C2CC(C#CC(=O)O)C2)CC(CC)O1. The van der Waals surface area contributed by atoms with E-state index >= 15 is 0 Å². The van der Waals surface area contributed by atoms with E-state index in [2.05, 4.69) is 30.6 Å². The highest BCUT2D eigenvalue weighted by Gasteiger charge is 2.37. The Morgan fingerprint density at radius 2 is 1.84 bits per heavy atom. The Morgan fingerprint density at radius 1 is 1.26 bits per heavy atom. The highest BCUT2D eigenvalue weighted by atomic mass is 16.5. The van der Waals surface area contributed by atoms with Gasteiger partial charge in [-0.15, -0.1) is 0 Å². The molecule has 2 fully saturated rings. The summed E-state index contributed by atoms with van der Waals surface area (Å²) in [6.45, 7) is 6.36. The van der Waals surface area contributed by atoms with Gasteiger partial charge in [0.2, 0.25) is 0 Å². The fourth-order valence-electron chi connectivity index (χ4n) is 2.87. The molecule has 0 amide bonds. The van der Waals surface area contributed by atoms with Crippen LogP contribution in [0.25, 0.3) is 0 Å². The van der Waals surface area contributed by atoms with Gasteiger partial charge in [0.25, 0.3) is 0 Å². The molecule has 2 rings (SSSR count). The lowest BCUT2D eigenvalue weighted by Crippen LogP contribution is -2.54. The van der Waals surface area contributed by atoms with Gasteiger partial charge in [-0.25, -0.2) is 4.79 Å². The van der Waals surface area contributed by atoms with Gasteiger partial charge in [-0.3, -0.25) is 4.90 Å². The molecule has 1 saturated carbocycles. The summed E-state index contributed by atoms with van der Waals surface area (Å²) in [4.78, 5) is 12.9. The molecule has 1 aliphatic heterocycles. The first-order chi connectivity index (χ1) is 9.12. The van der Waals surface area contributed by atoms with E-state index in [-0.39, 0.29) is 5.92 Å². The fraction of sp³-hybridized carbons (Fsp3) is 0.800. The van der Waals surface area contributed by atoms with Gasteiger partial charge in [-0.05, 0) is 25.7 Å². The van der Waals surface area contributed by atoms with Gasteiger partial charge in [0, 0.05) is 31.0 Å². The lowest BCUT2D eigenvalue weighted by atomic mass is 9.79. The van der Waals surface area contributed by atoms with E-state index in [1.165, 1.54) is 0 Å². The van der Waals surface area contributed by atoms with Crippen molar-refractivity contribution in [2.75, 3.05) is 13.1 Å². The van der Waals surface area contributed by atoms with Gasteiger partial charge in [0.1, 0.15) is 0 Å². The number of morpholine rings is 1. The monoisotopic (exact) mass is 265 g/mol. The standard InChI is InChI=1S/C15H23NO3/c1-3-13-9-16(10-14(4-2)19-13)12-7-11(8-12)5-6-15(17)18/h11-14H,3-4,7-10H2,1-2H3,(H,17,18). The average Bonchev–Trinajstić information content (AvgIpc) is 2.36. The fourth-order valence-corrected chi connectivity index (χ4v) is 2.87. The molecule has 4 heteroatoms. The second kappa shape index (κ2) is 6.40. The molecule has 1 N–H and O–H groups in total. The predicted octanol–water partition coefficient (Wildman–Crippen LogP) is 1.74. The third-order valence-corrected chi connectivity index (χ3v) is 4.18. The molecule has 0 aromatic heterocycles. The Bertz CT molecular complexity index is 367. The Morgan fingerprint density at radius 3 is 2.32 bits per heavy atom. The summed E-state index contributed by atoms with van der Waals surface area (Å²) in [6, 6.07) is 0.570. The molecule has 2 atom stereocenters. The molecule has 106 valence electrons. The summed E-state index contributed by atoms with van der Waals surface area (Å²) < 4.78 is 5.99. The molecule has 0 bridgehead atoms. The van der Waals surface area contributed by atoms with Crippen molar-refractivity contribution in [3.05, 3.63) is 0 Å². The molecular weight excluding hydrogens is 242 g/mol. The molecular formula is C15H23NO3. The lowest BCUT2D eigenvalue weighted by molar-refractivity contribution is -0.130. The predicted molar refractivity (Wildman–Crippen MR) is 72.7 cm³/mol. The second-order valence-electron chi connectivity index (χ2n) is 5.55. The first-order valence-corrected chi connectivity index (χ1v) is 7.26. The Balaban J connectivity index is 1.83. The van der Waals surface area contributed by atoms with Crippen LogP contribution < -0.4 is 0 Å². The molecule has 0 aromatic rings. The number of carbonyl (C=O) groups is 1. The number of carboxylic acid groups (broad SMARTS) is 1. The van der Waals surface area contributed by atoms with E-state index in [4.69, 9.17) is 9.84 Å². The van der Waals surface area contributed by atoms with Crippen LogP contribution >= 0.6 is 0 Å². The first-order valence-electron chi connectivity index (χ1n) is 7.26. The van der Waals surface area contributed by atoms with Gasteiger partial charge in [0.15, 0.2) is 0 Å². The Hall–Kier alpha value is -1.05. The van der Waals surface area contributed by atoms with E-state index in [1.54, 1.807) is 0 Å². The van der Waals surface area contributed by atoms with Crippen LogP contribution in [-0.4, -0.2) is 47.3 Å². The molecule has 0 spiro atoms. The highest BCUT2D eigenvalue weighted by Crippen LogP contribution is 2.33. The molecule has 2 unspecified atom stereocenters. The topological polar surface area (TPSA) is 49.8 Å². The van der Waals surface area contributed by atoms with Crippen LogP contribution in [0.15, 0.2) is 0 Å². The summed E-state index contributed by atoms with van der Waals surface area (Å²) in [5.74, 6) is 4.31. The minimum atomic E-state index is -1.02. The van der Waals surface area contributed by atoms with Crippen molar-refractivity contribution in [1.82, 2.24) is 4.90 Å². The molecule has 2 aliphatic rings. The zero-order chi connectivity index (χ0) is 13.8. The maximum absolute atomic E-state index is 10.4. The van der Waals surface area contributed by atoms with Crippen LogP contribution in [0.1, 0.15) is 39.5 Å². The van der Waals surface area contributed by atoms with Gasteiger partial charge in [-0.1, -0.05) is 19.8 Å². The van der Waals surface area contributed by atoms with Crippen LogP contribution in [-0.2, 0) is 9.53 Å². The third-order valence-electron chi connectivity index (χ3n) is 4.18. The van der Waals surface area contributed by atoms with Crippen molar-refractivity contribution in [2.24, 2.45) is 5.92 Å². The van der Waals surface area contributed by atoms with Crippen molar-refractivity contribution < 1.29 is 14.6 Å². The Labute approximate surface area is 115 Å². The van der Waals surface area contributed by atoms with E-state index in [0.29, 0.717) is 18.2 Å². The minimum Gasteiger partial charge on any atom is -0.472 e. The number of ether oxygens (including phenoxy) is 1. The largest absolute Gasteiger partial charge is 0.472 e. The molecule has 1 heterocycles. The second-order valence-corrected chi connectivity index (χ2v) is 5.55. The molecule has 1 saturated heterocycles. The van der Waals surface area contributed by atoms with Gasteiger partial charge < -0.3 is 9.84 Å². The summed E-state index contributed by atoms with van der Waals surface area (Å²) in [6.07, 6.45) is 4.83. The number of hydrogen-bond acceptors (Lipinski definition) is 3. The van der Waals surface area contributed by atoms with Crippen LogP contribution in [0.5, 0.6) is 0 Å². The molecule has 0 radical (unpaired) electrons. The van der Waals surface area contributed by atoms with Crippen molar-refractivity contribution >= 4 is 5.97 Å². The van der Waals surface area contributed by atoms with Gasteiger partial charge in [-0.2, -0.15) is 0 Å². The third kappa shape index (κ3) is 3.71. The number of aliphatic carboxylic acids is 1. The van der Waals surface area contributed by atoms with E-state index in [9.17, 15) is 4.79 Å². The lowest BCUT2D eigenvalue weighted by Gasteiger charge is -2.47. The van der Waals surface area contributed by atoms with E-state index in [1.807, 2.05) is 0 Å². The van der Waals surface area contributed by atoms with Crippen molar-refractivity contribution in [3.8, 4) is 11.8 Å². The van der Waals surface area contributed by atoms with Gasteiger partial charge >= 0.3 is 5.97 Å². The zero-order valence-corrected chi connectivity index (χ0v) is 11.8. The van der Waals surface area contributed by atoms with Crippen LogP contribution in [0.3, 0.4) is 0 Å².